The number of hydrogen-bond donors (Lipinski definition) is 0. The molecule has 0 N–H and O–H groups in total. The van der Waals surface area contributed by atoms with Crippen LogP contribution in [0.3, 0.4) is 0 Å². The third-order valence-electron chi connectivity index (χ3n) is 10.7. The molecule has 0 aliphatic carbocycles. The van der Waals surface area contributed by atoms with Crippen molar-refractivity contribution >= 4 is 58.4 Å². The molecule has 9 rings (SSSR count). The minimum absolute atomic E-state index is 1.11. The van der Waals surface area contributed by atoms with Gasteiger partial charge >= 0.3 is 0 Å². The van der Waals surface area contributed by atoms with Crippen molar-refractivity contribution in [1.29, 1.82) is 0 Å². The molecule has 0 spiro atoms. The molecular weight excluding hydrogens is 725 g/mol. The minimum Gasteiger partial charge on any atom is -0.311 e. The van der Waals surface area contributed by atoms with Crippen LogP contribution in [0.15, 0.2) is 243 Å². The lowest BCUT2D eigenvalue weighted by atomic mass is 9.99. The molecule has 0 aromatic heterocycles. The third-order valence-corrected chi connectivity index (χ3v) is 10.7. The quantitative estimate of drug-likeness (QED) is 0.114. The van der Waals surface area contributed by atoms with E-state index < -0.39 is 0 Å². The van der Waals surface area contributed by atoms with Crippen LogP contribution in [0, 0.1) is 0 Å². The first-order valence-corrected chi connectivity index (χ1v) is 20.4. The summed E-state index contributed by atoms with van der Waals surface area (Å²) in [5.41, 5.74) is 16.1. The summed E-state index contributed by atoms with van der Waals surface area (Å²) in [7, 11) is 0. The van der Waals surface area contributed by atoms with Gasteiger partial charge in [-0.05, 0) is 117 Å². The Balaban J connectivity index is 0.916. The normalized spacial score (nSPS) is 11.2. The van der Waals surface area contributed by atoms with Gasteiger partial charge in [-0.1, -0.05) is 194 Å². The largest absolute Gasteiger partial charge is 0.311 e. The van der Waals surface area contributed by atoms with E-state index in [1.807, 2.05) is 12.1 Å². The van der Waals surface area contributed by atoms with Crippen LogP contribution in [0.2, 0.25) is 0 Å². The maximum Gasteiger partial charge on any atom is 0.0462 e. The van der Waals surface area contributed by atoms with Gasteiger partial charge in [-0.15, -0.1) is 0 Å². The van der Waals surface area contributed by atoms with Crippen LogP contribution in [0.4, 0.5) is 34.1 Å². The molecule has 2 nitrogen and oxygen atoms in total. The zero-order chi connectivity index (χ0) is 40.4. The summed E-state index contributed by atoms with van der Waals surface area (Å²) < 4.78 is 0. The summed E-state index contributed by atoms with van der Waals surface area (Å²) in [4.78, 5) is 4.61. The molecule has 0 aliphatic rings. The highest BCUT2D eigenvalue weighted by molar-refractivity contribution is 5.82. The van der Waals surface area contributed by atoms with Gasteiger partial charge in [0.25, 0.3) is 0 Å². The molecule has 0 radical (unpaired) electrons. The molecule has 0 saturated carbocycles. The summed E-state index contributed by atoms with van der Waals surface area (Å²) in [6, 6.07) is 86.0. The first-order valence-electron chi connectivity index (χ1n) is 20.4. The Morgan fingerprint density at radius 1 is 0.183 bits per heavy atom. The SMILES string of the molecule is C(=C\c1ccc(N(c2ccccc2)c2ccc(-c3ccc(-c4ccc(N(c5ccccc5)c5ccc(/C=C/c6ccccc6)cc5)cc4)cc3)cc2)cc1)/c1ccccc1. The molecule has 60 heavy (non-hydrogen) atoms. The zero-order valence-electron chi connectivity index (χ0n) is 33.3. The van der Waals surface area contributed by atoms with Crippen molar-refractivity contribution in [2.75, 3.05) is 9.80 Å². The van der Waals surface area contributed by atoms with Crippen molar-refractivity contribution in [1.82, 2.24) is 0 Å². The molecule has 0 saturated heterocycles. The van der Waals surface area contributed by atoms with Gasteiger partial charge < -0.3 is 9.80 Å². The van der Waals surface area contributed by atoms with E-state index in [-0.39, 0.29) is 0 Å². The van der Waals surface area contributed by atoms with Gasteiger partial charge in [0.1, 0.15) is 0 Å². The number of para-hydroxylation sites is 2. The van der Waals surface area contributed by atoms with Gasteiger partial charge in [-0.2, -0.15) is 0 Å². The van der Waals surface area contributed by atoms with Crippen molar-refractivity contribution in [3.8, 4) is 22.3 Å². The van der Waals surface area contributed by atoms with E-state index in [4.69, 9.17) is 0 Å². The number of hydrogen-bond acceptors (Lipinski definition) is 2. The first-order chi connectivity index (χ1) is 29.7. The fourth-order valence-corrected chi connectivity index (χ4v) is 7.49. The predicted octanol–water partition coefficient (Wildman–Crippen LogP) is 16.3. The summed E-state index contributed by atoms with van der Waals surface area (Å²) in [6.45, 7) is 0. The van der Waals surface area contributed by atoms with Crippen LogP contribution >= 0.6 is 0 Å². The average molecular weight is 769 g/mol. The van der Waals surface area contributed by atoms with E-state index in [0.717, 1.165) is 45.3 Å². The minimum atomic E-state index is 1.11. The van der Waals surface area contributed by atoms with Crippen LogP contribution in [-0.2, 0) is 0 Å². The van der Waals surface area contributed by atoms with Crippen molar-refractivity contribution in [3.63, 3.8) is 0 Å². The molecule has 0 atom stereocenters. The number of anilines is 6. The first kappa shape index (κ1) is 37.6. The van der Waals surface area contributed by atoms with E-state index >= 15 is 0 Å². The molecule has 0 unspecified atom stereocenters. The van der Waals surface area contributed by atoms with Crippen LogP contribution < -0.4 is 9.80 Å². The third kappa shape index (κ3) is 8.95. The molecule has 286 valence electrons. The Hall–Kier alpha value is -7.94. The maximum absolute atomic E-state index is 2.31. The molecule has 0 aliphatic heterocycles. The Morgan fingerprint density at radius 2 is 0.383 bits per heavy atom. The highest BCUT2D eigenvalue weighted by atomic mass is 15.1. The fraction of sp³-hybridized carbons (Fsp3) is 0. The lowest BCUT2D eigenvalue weighted by molar-refractivity contribution is 1.28. The molecule has 0 bridgehead atoms. The number of nitrogens with zero attached hydrogens (tertiary/aromatic N) is 2. The van der Waals surface area contributed by atoms with E-state index in [1.165, 1.54) is 33.4 Å². The van der Waals surface area contributed by atoms with Crippen LogP contribution in [-0.4, -0.2) is 0 Å². The molecule has 2 heteroatoms. The highest BCUT2D eigenvalue weighted by Crippen LogP contribution is 2.38. The van der Waals surface area contributed by atoms with Gasteiger partial charge in [0.15, 0.2) is 0 Å². The van der Waals surface area contributed by atoms with Gasteiger partial charge in [-0.3, -0.25) is 0 Å². The Labute approximate surface area is 353 Å². The molecular formula is C58H44N2. The lowest BCUT2D eigenvalue weighted by Crippen LogP contribution is -2.09. The second-order valence-corrected chi connectivity index (χ2v) is 14.7. The summed E-state index contributed by atoms with van der Waals surface area (Å²) >= 11 is 0. The van der Waals surface area contributed by atoms with E-state index in [1.54, 1.807) is 0 Å². The van der Waals surface area contributed by atoms with Gasteiger partial charge in [0.2, 0.25) is 0 Å². The smallest absolute Gasteiger partial charge is 0.0462 e. The highest BCUT2D eigenvalue weighted by Gasteiger charge is 2.14. The van der Waals surface area contributed by atoms with E-state index in [9.17, 15) is 0 Å². The zero-order valence-corrected chi connectivity index (χ0v) is 33.3. The van der Waals surface area contributed by atoms with E-state index in [0.29, 0.717) is 0 Å². The lowest BCUT2D eigenvalue weighted by Gasteiger charge is -2.26. The van der Waals surface area contributed by atoms with Crippen LogP contribution in [0.5, 0.6) is 0 Å². The molecule has 9 aromatic rings. The van der Waals surface area contributed by atoms with E-state index in [2.05, 4.69) is 265 Å². The Morgan fingerprint density at radius 3 is 0.667 bits per heavy atom. The number of rotatable bonds is 12. The summed E-state index contributed by atoms with van der Waals surface area (Å²) in [5.74, 6) is 0. The van der Waals surface area contributed by atoms with Crippen molar-refractivity contribution in [2.45, 2.75) is 0 Å². The average Bonchev–Trinajstić information content (AvgIpc) is 3.33. The monoisotopic (exact) mass is 768 g/mol. The molecule has 0 heterocycles. The van der Waals surface area contributed by atoms with Gasteiger partial charge in [0.05, 0.1) is 0 Å². The Kier molecular flexibility index (Phi) is 11.4. The predicted molar refractivity (Wildman–Crippen MR) is 257 cm³/mol. The van der Waals surface area contributed by atoms with Gasteiger partial charge in [0, 0.05) is 34.1 Å². The molecule has 0 fully saturated rings. The Bertz CT molecular complexity index is 2580. The van der Waals surface area contributed by atoms with Crippen molar-refractivity contribution < 1.29 is 0 Å². The van der Waals surface area contributed by atoms with Crippen molar-refractivity contribution in [2.24, 2.45) is 0 Å². The topological polar surface area (TPSA) is 6.48 Å². The molecule has 9 aromatic carbocycles. The summed E-state index contributed by atoms with van der Waals surface area (Å²) in [6.07, 6.45) is 8.62. The molecule has 0 amide bonds. The fourth-order valence-electron chi connectivity index (χ4n) is 7.49. The number of benzene rings is 9. The van der Waals surface area contributed by atoms with Crippen LogP contribution in [0.1, 0.15) is 22.3 Å². The standard InChI is InChI=1S/C58H44N2/c1-5-13-45(14-6-1)21-23-47-25-37-55(38-26-47)59(53-17-9-3-10-18-53)57-41-33-51(34-42-57)49-29-31-50(32-30-49)52-35-43-58(44-36-52)60(54-19-11-4-12-20-54)56-39-27-48(28-40-56)24-22-46-15-7-2-8-16-46/h1-44H/b23-21+,24-22+. The van der Waals surface area contributed by atoms with Crippen molar-refractivity contribution in [3.05, 3.63) is 265 Å². The second kappa shape index (κ2) is 18.1. The summed E-state index contributed by atoms with van der Waals surface area (Å²) in [5, 5.41) is 0. The van der Waals surface area contributed by atoms with Crippen LogP contribution in [0.25, 0.3) is 46.6 Å². The maximum atomic E-state index is 2.31. The van der Waals surface area contributed by atoms with Gasteiger partial charge in [-0.25, -0.2) is 0 Å². The second-order valence-electron chi connectivity index (χ2n) is 14.7.